The maximum absolute atomic E-state index is 11.6. The number of hydrogen-bond acceptors (Lipinski definition) is 1. The van der Waals surface area contributed by atoms with Crippen LogP contribution in [0.2, 0.25) is 0 Å². The van der Waals surface area contributed by atoms with Crippen LogP contribution in [-0.2, 0) is 6.42 Å². The first-order chi connectivity index (χ1) is 6.08. The Balaban J connectivity index is 0.00000169. The van der Waals surface area contributed by atoms with E-state index in [0.29, 0.717) is 6.42 Å². The minimum Gasteiger partial charge on any atom is -0.228 e. The largest absolute Gasteiger partial charge is 0.457 e. The van der Waals surface area contributed by atoms with Gasteiger partial charge in [-0.2, -0.15) is 13.2 Å². The van der Waals surface area contributed by atoms with Crippen molar-refractivity contribution in [3.63, 3.8) is 0 Å². The van der Waals surface area contributed by atoms with Gasteiger partial charge in [0.25, 0.3) is 0 Å². The van der Waals surface area contributed by atoms with Crippen LogP contribution in [0.5, 0.6) is 0 Å². The third kappa shape index (κ3) is 6.20. The van der Waals surface area contributed by atoms with Crippen molar-refractivity contribution < 1.29 is 13.2 Å². The first-order valence-electron chi connectivity index (χ1n) is 3.93. The molecule has 0 bridgehead atoms. The molecule has 1 aromatic carbocycles. The predicted octanol–water partition coefficient (Wildman–Crippen LogP) is 2.96. The fourth-order valence-electron chi connectivity index (χ4n) is 0.993. The molecule has 0 spiro atoms. The van der Waals surface area contributed by atoms with Gasteiger partial charge in [0.15, 0.2) is 0 Å². The normalized spacial score (nSPS) is 10.8. The average Bonchev–Trinajstić information content (AvgIpc) is 2.04. The molecule has 0 fully saturated rings. The Morgan fingerprint density at radius 1 is 1.07 bits per heavy atom. The van der Waals surface area contributed by atoms with Crippen molar-refractivity contribution in [3.05, 3.63) is 35.9 Å². The molecule has 0 aliphatic rings. The summed E-state index contributed by atoms with van der Waals surface area (Å²) in [6.07, 6.45) is -3.88. The molecule has 1 nitrogen and oxygen atoms in total. The predicted molar refractivity (Wildman–Crippen MR) is 59.6 cm³/mol. The van der Waals surface area contributed by atoms with Crippen molar-refractivity contribution in [2.45, 2.75) is 12.7 Å². The van der Waals surface area contributed by atoms with Gasteiger partial charge in [0.2, 0.25) is 0 Å². The molecule has 0 heterocycles. The van der Waals surface area contributed by atoms with E-state index in [1.165, 1.54) is 5.32 Å². The molecular weight excluding hydrogens is 306 g/mol. The highest BCUT2D eigenvalue weighted by Gasteiger charge is 2.25. The Labute approximate surface area is 97.7 Å². The summed E-state index contributed by atoms with van der Waals surface area (Å²) in [6.45, 7) is -0.0759. The van der Waals surface area contributed by atoms with Gasteiger partial charge in [0.05, 0.1) is 0 Å². The van der Waals surface area contributed by atoms with E-state index in [-0.39, 0.29) is 30.5 Å². The molecule has 1 aromatic rings. The zero-order valence-corrected chi connectivity index (χ0v) is 9.67. The minimum atomic E-state index is -4.27. The van der Waals surface area contributed by atoms with E-state index in [0.717, 1.165) is 5.56 Å². The lowest BCUT2D eigenvalue weighted by molar-refractivity contribution is -0.156. The summed E-state index contributed by atoms with van der Waals surface area (Å²) < 4.78 is 34.9. The maximum atomic E-state index is 11.6. The molecule has 1 rings (SSSR count). The summed E-state index contributed by atoms with van der Waals surface area (Å²) in [5.41, 5.74) is 0.902. The average molecular weight is 317 g/mol. The highest BCUT2D eigenvalue weighted by atomic mass is 127. The summed E-state index contributed by atoms with van der Waals surface area (Å²) in [4.78, 5) is 0. The molecule has 0 amide bonds. The van der Waals surface area contributed by atoms with Crippen LogP contribution in [0.1, 0.15) is 5.56 Å². The molecule has 80 valence electrons. The number of alkyl halides is 3. The van der Waals surface area contributed by atoms with Crippen molar-refractivity contribution in [1.29, 1.82) is 0 Å². The van der Waals surface area contributed by atoms with Crippen LogP contribution in [0.25, 0.3) is 0 Å². The maximum Gasteiger partial charge on any atom is 0.457 e. The lowest BCUT2D eigenvalue weighted by Gasteiger charge is -2.07. The van der Waals surface area contributed by atoms with Crippen molar-refractivity contribution in [2.24, 2.45) is 0 Å². The van der Waals surface area contributed by atoms with Gasteiger partial charge in [-0.25, -0.2) is 5.32 Å². The molecule has 5 heteroatoms. The van der Waals surface area contributed by atoms with E-state index in [4.69, 9.17) is 0 Å². The standard InChI is InChI=1S/C9H10F3N.HI/c10-9(11,12)13-7-6-8-4-2-1-3-5-8;/h1-5,13H,6-7H2;1H. The van der Waals surface area contributed by atoms with Gasteiger partial charge in [-0.1, -0.05) is 30.3 Å². The third-order valence-corrected chi connectivity index (χ3v) is 1.58. The quantitative estimate of drug-likeness (QED) is 0.668. The molecule has 14 heavy (non-hydrogen) atoms. The second-order valence-electron chi connectivity index (χ2n) is 2.66. The van der Waals surface area contributed by atoms with Crippen LogP contribution in [0, 0.1) is 0 Å². The van der Waals surface area contributed by atoms with Crippen LogP contribution >= 0.6 is 24.0 Å². The van der Waals surface area contributed by atoms with Crippen molar-refractivity contribution in [2.75, 3.05) is 6.54 Å². The van der Waals surface area contributed by atoms with Gasteiger partial charge in [-0.05, 0) is 12.0 Å². The number of nitrogens with one attached hydrogen (secondary N) is 1. The number of halogens is 4. The first-order valence-corrected chi connectivity index (χ1v) is 3.93. The highest BCUT2D eigenvalue weighted by molar-refractivity contribution is 14.0. The number of hydrogen-bond donors (Lipinski definition) is 1. The molecule has 0 unspecified atom stereocenters. The Morgan fingerprint density at radius 2 is 1.64 bits per heavy atom. The van der Waals surface area contributed by atoms with E-state index in [1.807, 2.05) is 18.2 Å². The molecular formula is C9H11F3IN. The van der Waals surface area contributed by atoms with Gasteiger partial charge in [-0.15, -0.1) is 24.0 Å². The minimum absolute atomic E-state index is 0. The Morgan fingerprint density at radius 3 is 2.14 bits per heavy atom. The fourth-order valence-corrected chi connectivity index (χ4v) is 0.993. The zero-order chi connectivity index (χ0) is 9.73. The Hall–Kier alpha value is -0.300. The Bertz CT molecular complexity index is 248. The SMILES string of the molecule is FC(F)(F)NCCc1ccccc1.I. The Kier molecular flexibility index (Phi) is 6.10. The second-order valence-corrected chi connectivity index (χ2v) is 2.66. The van der Waals surface area contributed by atoms with Crippen LogP contribution in [0.15, 0.2) is 30.3 Å². The van der Waals surface area contributed by atoms with Crippen LogP contribution < -0.4 is 5.32 Å². The van der Waals surface area contributed by atoms with Gasteiger partial charge in [-0.3, -0.25) is 0 Å². The number of benzene rings is 1. The molecule has 0 saturated carbocycles. The molecule has 0 aliphatic carbocycles. The molecule has 0 radical (unpaired) electrons. The van der Waals surface area contributed by atoms with E-state index in [1.54, 1.807) is 12.1 Å². The van der Waals surface area contributed by atoms with E-state index >= 15 is 0 Å². The van der Waals surface area contributed by atoms with Gasteiger partial charge in [0, 0.05) is 6.54 Å². The molecule has 0 atom stereocenters. The summed E-state index contributed by atoms with van der Waals surface area (Å²) in [5.74, 6) is 0. The molecule has 0 saturated heterocycles. The van der Waals surface area contributed by atoms with Crippen molar-refractivity contribution in [3.8, 4) is 0 Å². The van der Waals surface area contributed by atoms with Gasteiger partial charge < -0.3 is 0 Å². The smallest absolute Gasteiger partial charge is 0.228 e. The van der Waals surface area contributed by atoms with Crippen LogP contribution in [0.3, 0.4) is 0 Å². The van der Waals surface area contributed by atoms with E-state index in [2.05, 4.69) is 0 Å². The van der Waals surface area contributed by atoms with Crippen LogP contribution in [-0.4, -0.2) is 12.8 Å². The molecule has 1 N–H and O–H groups in total. The zero-order valence-electron chi connectivity index (χ0n) is 7.34. The molecule has 0 aromatic heterocycles. The first kappa shape index (κ1) is 13.7. The summed E-state index contributed by atoms with van der Waals surface area (Å²) >= 11 is 0. The summed E-state index contributed by atoms with van der Waals surface area (Å²) in [5, 5.41) is 1.47. The van der Waals surface area contributed by atoms with E-state index in [9.17, 15) is 13.2 Å². The van der Waals surface area contributed by atoms with Gasteiger partial charge >= 0.3 is 6.30 Å². The highest BCUT2D eigenvalue weighted by Crippen LogP contribution is 2.09. The summed E-state index contributed by atoms with van der Waals surface area (Å²) in [6, 6.07) is 9.06. The van der Waals surface area contributed by atoms with E-state index < -0.39 is 6.30 Å². The third-order valence-electron chi connectivity index (χ3n) is 1.58. The van der Waals surface area contributed by atoms with Crippen molar-refractivity contribution >= 4 is 24.0 Å². The number of rotatable bonds is 3. The molecule has 0 aliphatic heterocycles. The topological polar surface area (TPSA) is 12.0 Å². The lowest BCUT2D eigenvalue weighted by Crippen LogP contribution is -2.33. The second kappa shape index (κ2) is 6.23. The van der Waals surface area contributed by atoms with Crippen molar-refractivity contribution in [1.82, 2.24) is 5.32 Å². The van der Waals surface area contributed by atoms with Crippen LogP contribution in [0.4, 0.5) is 13.2 Å². The van der Waals surface area contributed by atoms with Gasteiger partial charge in [0.1, 0.15) is 0 Å². The lowest BCUT2D eigenvalue weighted by atomic mass is 10.1. The fraction of sp³-hybridized carbons (Fsp3) is 0.333. The summed E-state index contributed by atoms with van der Waals surface area (Å²) in [7, 11) is 0. The monoisotopic (exact) mass is 317 g/mol.